The normalized spacial score (nSPS) is 30.9. The molecular weight excluding hydrogens is 763 g/mol. The van der Waals surface area contributed by atoms with E-state index >= 15 is 8.78 Å². The molecule has 308 valence electrons. The van der Waals surface area contributed by atoms with Gasteiger partial charge >= 0.3 is 12.0 Å². The van der Waals surface area contributed by atoms with Crippen LogP contribution in [0.25, 0.3) is 11.0 Å². The minimum absolute atomic E-state index is 0.0299. The van der Waals surface area contributed by atoms with Crippen LogP contribution in [0, 0.1) is 17.3 Å². The zero-order valence-corrected chi connectivity index (χ0v) is 33.0. The summed E-state index contributed by atoms with van der Waals surface area (Å²) < 4.78 is 72.2. The highest BCUT2D eigenvalue weighted by atomic mass is 32.2. The van der Waals surface area contributed by atoms with Crippen LogP contribution in [0.1, 0.15) is 90.2 Å². The summed E-state index contributed by atoms with van der Waals surface area (Å²) in [5.74, 6) is -8.06. The van der Waals surface area contributed by atoms with Gasteiger partial charge in [0.25, 0.3) is 5.91 Å². The van der Waals surface area contributed by atoms with E-state index < -0.39 is 91.5 Å². The van der Waals surface area contributed by atoms with E-state index in [2.05, 4.69) is 25.3 Å². The summed E-state index contributed by atoms with van der Waals surface area (Å²) in [5, 5.41) is 4.86. The third kappa shape index (κ3) is 9.23. The van der Waals surface area contributed by atoms with E-state index in [0.717, 1.165) is 12.5 Å². The van der Waals surface area contributed by atoms with Crippen molar-refractivity contribution < 1.29 is 45.9 Å². The maximum absolute atomic E-state index is 16.2. The molecule has 2 saturated carbocycles. The standard InChI is InChI=1S/C40H50F2N6O8S/c1-38(2)19-11-6-12-20-40(41,42)32-34(44-29-15-10-9-14-28(29)43-32)56-31-23-48-22-27(31)33(49)46-39(36(51)47-57(53,54)26-17-18-26)21-25(39)13-7-4-3-5-8-16-30(35(48)50)45-37(52)55-24-38/h7,9-10,12-15,20,25-27,30-31H,3-6,8,11,16-19,21-24H2,1-2H3,(H,45,52)(H,46,49)(H,47,51)/b13-7+,20-12+/t25-,27?,30+,31+,39+/m1/s1. The van der Waals surface area contributed by atoms with E-state index in [9.17, 15) is 27.6 Å². The van der Waals surface area contributed by atoms with Crippen LogP contribution in [0.4, 0.5) is 13.6 Å². The number of alkyl carbamates (subject to hydrolysis) is 1. The number of alkyl halides is 2. The highest BCUT2D eigenvalue weighted by Crippen LogP contribution is 2.46. The van der Waals surface area contributed by atoms with Crippen molar-refractivity contribution in [3.05, 3.63) is 54.3 Å². The monoisotopic (exact) mass is 812 g/mol. The van der Waals surface area contributed by atoms with Crippen LogP contribution < -0.4 is 20.1 Å². The van der Waals surface area contributed by atoms with Crippen molar-refractivity contribution in [3.8, 4) is 5.88 Å². The number of hydrogen-bond donors (Lipinski definition) is 3. The number of benzene rings is 1. The van der Waals surface area contributed by atoms with Crippen LogP contribution in [-0.2, 0) is 35.1 Å². The molecule has 4 heterocycles. The summed E-state index contributed by atoms with van der Waals surface area (Å²) in [6, 6.07) is 5.42. The summed E-state index contributed by atoms with van der Waals surface area (Å²) in [5.41, 5.74) is -2.41. The van der Waals surface area contributed by atoms with Gasteiger partial charge in [0.15, 0.2) is 5.69 Å². The Morgan fingerprint density at radius 2 is 1.70 bits per heavy atom. The van der Waals surface area contributed by atoms with Gasteiger partial charge in [-0.1, -0.05) is 57.0 Å². The fourth-order valence-corrected chi connectivity index (χ4v) is 9.14. The van der Waals surface area contributed by atoms with Crippen molar-refractivity contribution in [3.63, 3.8) is 0 Å². The predicted octanol–water partition coefficient (Wildman–Crippen LogP) is 4.79. The van der Waals surface area contributed by atoms with Gasteiger partial charge in [0.2, 0.25) is 27.7 Å². The number of aromatic nitrogens is 2. The van der Waals surface area contributed by atoms with Crippen LogP contribution in [0.3, 0.4) is 0 Å². The first kappa shape index (κ1) is 40.5. The number of cyclic esters (lactones) is 1. The van der Waals surface area contributed by atoms with Crippen molar-refractivity contribution in [1.29, 1.82) is 0 Å². The van der Waals surface area contributed by atoms with E-state index in [1.54, 1.807) is 30.3 Å². The molecule has 2 aliphatic carbocycles. The summed E-state index contributed by atoms with van der Waals surface area (Å²) in [6.45, 7) is 3.31. The van der Waals surface area contributed by atoms with Crippen molar-refractivity contribution >= 4 is 44.9 Å². The van der Waals surface area contributed by atoms with E-state index in [-0.39, 0.29) is 43.6 Å². The second-order valence-electron chi connectivity index (χ2n) is 16.7. The predicted molar refractivity (Wildman–Crippen MR) is 204 cm³/mol. The number of halogens is 2. The number of carbonyl (C=O) groups excluding carboxylic acids is 4. The number of rotatable bonds is 3. The molecule has 3 N–H and O–H groups in total. The van der Waals surface area contributed by atoms with Gasteiger partial charge in [-0.2, -0.15) is 8.78 Å². The number of fused-ring (bicyclic) bond motifs is 7. The lowest BCUT2D eigenvalue weighted by molar-refractivity contribution is -0.134. The Morgan fingerprint density at radius 3 is 2.46 bits per heavy atom. The molecule has 4 bridgehead atoms. The van der Waals surface area contributed by atoms with Crippen molar-refractivity contribution in [2.24, 2.45) is 17.3 Å². The molecule has 1 aromatic carbocycles. The molecule has 17 heteroatoms. The number of ether oxygens (including phenoxy) is 2. The van der Waals surface area contributed by atoms with Crippen LogP contribution in [0.2, 0.25) is 0 Å². The second-order valence-corrected chi connectivity index (χ2v) is 18.7. The summed E-state index contributed by atoms with van der Waals surface area (Å²) in [4.78, 5) is 65.8. The van der Waals surface area contributed by atoms with Gasteiger partial charge in [0.1, 0.15) is 17.7 Å². The number of hydrogen-bond acceptors (Lipinski definition) is 10. The lowest BCUT2D eigenvalue weighted by Crippen LogP contribution is -2.55. The van der Waals surface area contributed by atoms with Crippen LogP contribution in [0.15, 0.2) is 48.6 Å². The summed E-state index contributed by atoms with van der Waals surface area (Å²) >= 11 is 0. The minimum Gasteiger partial charge on any atom is -0.470 e. The zero-order valence-electron chi connectivity index (χ0n) is 32.2. The Balaban J connectivity index is 1.28. The number of allylic oxidation sites excluding steroid dienone is 3. The Hall–Kier alpha value is -4.67. The molecular formula is C40H50F2N6O8S. The molecule has 3 fully saturated rings. The lowest BCUT2D eigenvalue weighted by Gasteiger charge is -2.27. The summed E-state index contributed by atoms with van der Waals surface area (Å²) in [7, 11) is -3.96. The number of amides is 4. The van der Waals surface area contributed by atoms with Crippen LogP contribution >= 0.6 is 0 Å². The molecule has 5 atom stereocenters. The molecule has 2 aromatic rings. The van der Waals surface area contributed by atoms with Gasteiger partial charge in [0.05, 0.1) is 35.4 Å². The van der Waals surface area contributed by atoms with Gasteiger partial charge in [-0.3, -0.25) is 19.1 Å². The van der Waals surface area contributed by atoms with E-state index in [4.69, 9.17) is 9.47 Å². The fourth-order valence-electron chi connectivity index (χ4n) is 7.78. The average Bonchev–Trinajstić information content (AvgIpc) is 4.09. The van der Waals surface area contributed by atoms with Crippen LogP contribution in [-0.4, -0.2) is 89.7 Å². The lowest BCUT2D eigenvalue weighted by atomic mass is 9.88. The van der Waals surface area contributed by atoms with Gasteiger partial charge in [0, 0.05) is 12.5 Å². The quantitative estimate of drug-likeness (QED) is 0.364. The molecule has 1 unspecified atom stereocenters. The first-order valence-corrected chi connectivity index (χ1v) is 21.4. The zero-order chi connectivity index (χ0) is 40.6. The van der Waals surface area contributed by atoms with Gasteiger partial charge < -0.3 is 25.0 Å². The molecule has 1 aromatic heterocycles. The number of carbonyl (C=O) groups is 4. The molecule has 3 aliphatic heterocycles. The Labute approximate surface area is 330 Å². The maximum Gasteiger partial charge on any atom is 0.407 e. The molecule has 0 radical (unpaired) electrons. The number of para-hydroxylation sites is 2. The first-order valence-electron chi connectivity index (χ1n) is 19.8. The van der Waals surface area contributed by atoms with Crippen LogP contribution in [0.5, 0.6) is 5.88 Å². The topological polar surface area (TPSA) is 186 Å². The average molecular weight is 813 g/mol. The minimum atomic E-state index is -3.96. The SMILES string of the molecule is CC1(C)CCC/C=C/C(F)(F)c2nc3ccccc3nc2O[C@H]2CN3CC2C(=O)N[C@@]2(C(=O)NS(=O)(=O)C4CC4)C[C@H]2/C=C/CCCCC[C@H](NC(=O)OC1)C3=O. The molecule has 57 heavy (non-hydrogen) atoms. The van der Waals surface area contributed by atoms with Crippen molar-refractivity contribution in [2.75, 3.05) is 19.7 Å². The van der Waals surface area contributed by atoms with Crippen molar-refractivity contribution in [1.82, 2.24) is 30.2 Å². The fraction of sp³-hybridized carbons (Fsp3) is 0.600. The van der Waals surface area contributed by atoms with Gasteiger partial charge in [-0.05, 0) is 81.4 Å². The third-order valence-corrected chi connectivity index (χ3v) is 13.3. The third-order valence-electron chi connectivity index (χ3n) is 11.5. The maximum atomic E-state index is 16.2. The first-order chi connectivity index (χ1) is 27.1. The number of nitrogens with zero attached hydrogens (tertiary/aromatic N) is 3. The second kappa shape index (κ2) is 15.9. The smallest absolute Gasteiger partial charge is 0.407 e. The molecule has 4 amide bonds. The summed E-state index contributed by atoms with van der Waals surface area (Å²) in [6.07, 6.45) is 9.05. The van der Waals surface area contributed by atoms with Gasteiger partial charge in [-0.15, -0.1) is 0 Å². The highest BCUT2D eigenvalue weighted by Gasteiger charge is 2.62. The molecule has 0 spiro atoms. The highest BCUT2D eigenvalue weighted by molar-refractivity contribution is 7.91. The largest absolute Gasteiger partial charge is 0.470 e. The molecule has 7 rings (SSSR count). The Morgan fingerprint density at radius 1 is 0.965 bits per heavy atom. The number of sulfonamides is 1. The molecule has 5 aliphatic rings. The van der Waals surface area contributed by atoms with Crippen molar-refractivity contribution in [2.45, 2.75) is 113 Å². The molecule has 1 saturated heterocycles. The van der Waals surface area contributed by atoms with E-state index in [0.29, 0.717) is 51.4 Å². The number of nitrogens with one attached hydrogen (secondary N) is 3. The van der Waals surface area contributed by atoms with E-state index in [1.165, 1.54) is 11.0 Å². The Bertz CT molecular complexity index is 2070. The molecule has 14 nitrogen and oxygen atoms in total. The van der Waals surface area contributed by atoms with Gasteiger partial charge in [-0.25, -0.2) is 23.2 Å². The van der Waals surface area contributed by atoms with E-state index in [1.807, 2.05) is 19.9 Å². The Kier molecular flexibility index (Phi) is 11.3.